The Kier molecular flexibility index (Phi) is 3.21. The molecule has 1 fully saturated rings. The number of aromatic nitrogens is 2. The summed E-state index contributed by atoms with van der Waals surface area (Å²) in [5.74, 6) is -1.30. The fourth-order valence-electron chi connectivity index (χ4n) is 3.87. The van der Waals surface area contributed by atoms with Crippen LogP contribution in [0.1, 0.15) is 59.8 Å². The van der Waals surface area contributed by atoms with Gasteiger partial charge in [-0.1, -0.05) is 0 Å². The lowest BCUT2D eigenvalue weighted by Crippen LogP contribution is -2.15. The molecule has 0 spiro atoms. The Labute approximate surface area is 132 Å². The van der Waals surface area contributed by atoms with Crippen molar-refractivity contribution in [2.75, 3.05) is 6.61 Å². The van der Waals surface area contributed by atoms with Crippen LogP contribution in [0, 0.1) is 11.6 Å². The lowest BCUT2D eigenvalue weighted by Gasteiger charge is -2.12. The molecule has 0 radical (unpaired) electrons. The standard InChI is InChI=1S/C17H16F2N2O2/c1-2-23-17(22)16-14-9-3-4-10(7-9)15(14)20-21(16)13-6-5-11(18)8-12(13)19/h5-6,8-10H,2-4,7H2,1H3. The first kappa shape index (κ1) is 14.4. The normalized spacial score (nSPS) is 21.5. The molecule has 120 valence electrons. The number of rotatable bonds is 3. The summed E-state index contributed by atoms with van der Waals surface area (Å²) in [7, 11) is 0. The van der Waals surface area contributed by atoms with Crippen molar-refractivity contribution in [1.29, 1.82) is 0 Å². The summed E-state index contributed by atoms with van der Waals surface area (Å²) in [5, 5.41) is 4.49. The van der Waals surface area contributed by atoms with Crippen LogP contribution in [-0.2, 0) is 4.74 Å². The molecule has 0 aliphatic heterocycles. The molecular formula is C17H16F2N2O2. The van der Waals surface area contributed by atoms with Crippen LogP contribution in [0.4, 0.5) is 8.78 Å². The summed E-state index contributed by atoms with van der Waals surface area (Å²) in [6, 6.07) is 3.26. The Morgan fingerprint density at radius 1 is 1.35 bits per heavy atom. The Morgan fingerprint density at radius 3 is 2.87 bits per heavy atom. The minimum atomic E-state index is -0.746. The van der Waals surface area contributed by atoms with Crippen molar-refractivity contribution in [1.82, 2.24) is 9.78 Å². The number of carbonyl (C=O) groups excluding carboxylic acids is 1. The number of carbonyl (C=O) groups is 1. The van der Waals surface area contributed by atoms with Gasteiger partial charge in [0.15, 0.2) is 11.5 Å². The maximum Gasteiger partial charge on any atom is 0.357 e. The Bertz CT molecular complexity index is 800. The maximum absolute atomic E-state index is 14.2. The Hall–Kier alpha value is -2.24. The van der Waals surface area contributed by atoms with Crippen LogP contribution in [-0.4, -0.2) is 22.4 Å². The molecule has 2 unspecified atom stereocenters. The monoisotopic (exact) mass is 318 g/mol. The van der Waals surface area contributed by atoms with E-state index in [4.69, 9.17) is 4.74 Å². The second kappa shape index (κ2) is 5.15. The van der Waals surface area contributed by atoms with Gasteiger partial charge < -0.3 is 4.74 Å². The first-order valence-electron chi connectivity index (χ1n) is 7.85. The molecule has 0 amide bonds. The highest BCUT2D eigenvalue weighted by atomic mass is 19.1. The van der Waals surface area contributed by atoms with E-state index >= 15 is 0 Å². The van der Waals surface area contributed by atoms with E-state index in [1.54, 1.807) is 6.92 Å². The van der Waals surface area contributed by atoms with Gasteiger partial charge in [0.2, 0.25) is 0 Å². The summed E-state index contributed by atoms with van der Waals surface area (Å²) in [6.45, 7) is 1.96. The lowest BCUT2D eigenvalue weighted by molar-refractivity contribution is 0.0514. The highest BCUT2D eigenvalue weighted by Crippen LogP contribution is 2.54. The van der Waals surface area contributed by atoms with Crippen LogP contribution in [0.15, 0.2) is 18.2 Å². The van der Waals surface area contributed by atoms with Gasteiger partial charge >= 0.3 is 5.97 Å². The average molecular weight is 318 g/mol. The zero-order chi connectivity index (χ0) is 16.1. The van der Waals surface area contributed by atoms with E-state index in [9.17, 15) is 13.6 Å². The van der Waals surface area contributed by atoms with Crippen LogP contribution in [0.5, 0.6) is 0 Å². The summed E-state index contributed by atoms with van der Waals surface area (Å²) in [4.78, 5) is 12.4. The predicted molar refractivity (Wildman–Crippen MR) is 78.8 cm³/mol. The molecule has 4 nitrogen and oxygen atoms in total. The molecule has 6 heteroatoms. The van der Waals surface area contributed by atoms with E-state index in [0.29, 0.717) is 11.6 Å². The predicted octanol–water partition coefficient (Wildman–Crippen LogP) is 3.69. The Morgan fingerprint density at radius 2 is 2.13 bits per heavy atom. The second-order valence-electron chi connectivity index (χ2n) is 6.08. The summed E-state index contributed by atoms with van der Waals surface area (Å²) in [6.07, 6.45) is 3.06. The van der Waals surface area contributed by atoms with Gasteiger partial charge in [-0.3, -0.25) is 0 Å². The maximum atomic E-state index is 14.2. The van der Waals surface area contributed by atoms with E-state index in [0.717, 1.165) is 42.7 Å². The fourth-order valence-corrected chi connectivity index (χ4v) is 3.87. The highest BCUT2D eigenvalue weighted by Gasteiger charge is 2.44. The zero-order valence-corrected chi connectivity index (χ0v) is 12.7. The molecule has 1 aromatic heterocycles. The van der Waals surface area contributed by atoms with Gasteiger partial charge in [-0.15, -0.1) is 0 Å². The largest absolute Gasteiger partial charge is 0.461 e. The number of benzene rings is 1. The van der Waals surface area contributed by atoms with Crippen molar-refractivity contribution < 1.29 is 18.3 Å². The molecule has 1 saturated carbocycles. The number of halogens is 2. The molecule has 1 aromatic carbocycles. The van der Waals surface area contributed by atoms with Crippen molar-refractivity contribution in [2.45, 2.75) is 38.0 Å². The molecule has 2 aliphatic carbocycles. The molecule has 2 aliphatic rings. The minimum Gasteiger partial charge on any atom is -0.461 e. The van der Waals surface area contributed by atoms with E-state index < -0.39 is 17.6 Å². The molecule has 4 rings (SSSR count). The third-order valence-electron chi connectivity index (χ3n) is 4.78. The average Bonchev–Trinajstić information content (AvgIpc) is 3.18. The number of hydrogen-bond acceptors (Lipinski definition) is 3. The van der Waals surface area contributed by atoms with Gasteiger partial charge in [-0.25, -0.2) is 18.3 Å². The van der Waals surface area contributed by atoms with Gasteiger partial charge in [-0.2, -0.15) is 5.10 Å². The highest BCUT2D eigenvalue weighted by molar-refractivity contribution is 5.91. The quantitative estimate of drug-likeness (QED) is 0.811. The third-order valence-corrected chi connectivity index (χ3v) is 4.78. The molecule has 2 aromatic rings. The molecular weight excluding hydrogens is 302 g/mol. The van der Waals surface area contributed by atoms with E-state index in [1.165, 1.54) is 10.7 Å². The molecule has 23 heavy (non-hydrogen) atoms. The molecule has 2 atom stereocenters. The van der Waals surface area contributed by atoms with Crippen molar-refractivity contribution in [3.63, 3.8) is 0 Å². The van der Waals surface area contributed by atoms with Crippen LogP contribution < -0.4 is 0 Å². The number of nitrogens with zero attached hydrogens (tertiary/aromatic N) is 2. The number of ether oxygens (including phenoxy) is 1. The van der Waals surface area contributed by atoms with Crippen LogP contribution in [0.25, 0.3) is 5.69 Å². The van der Waals surface area contributed by atoms with Crippen molar-refractivity contribution in [3.05, 3.63) is 46.8 Å². The van der Waals surface area contributed by atoms with Crippen LogP contribution in [0.2, 0.25) is 0 Å². The molecule has 1 heterocycles. The zero-order valence-electron chi connectivity index (χ0n) is 12.7. The van der Waals surface area contributed by atoms with Crippen molar-refractivity contribution in [2.24, 2.45) is 0 Å². The van der Waals surface area contributed by atoms with E-state index in [-0.39, 0.29) is 18.2 Å². The van der Waals surface area contributed by atoms with E-state index in [1.807, 2.05) is 0 Å². The lowest BCUT2D eigenvalue weighted by atomic mass is 9.95. The SMILES string of the molecule is CCOC(=O)c1c2c(nn1-c1ccc(F)cc1F)C1CCC2C1. The summed E-state index contributed by atoms with van der Waals surface area (Å²) in [5.41, 5.74) is 2.12. The smallest absolute Gasteiger partial charge is 0.357 e. The van der Waals surface area contributed by atoms with Crippen LogP contribution >= 0.6 is 0 Å². The molecule has 0 saturated heterocycles. The number of hydrogen-bond donors (Lipinski definition) is 0. The van der Waals surface area contributed by atoms with Gasteiger partial charge in [0.1, 0.15) is 11.5 Å². The van der Waals surface area contributed by atoms with Crippen LogP contribution in [0.3, 0.4) is 0 Å². The van der Waals surface area contributed by atoms with Gasteiger partial charge in [-0.05, 0) is 44.2 Å². The topological polar surface area (TPSA) is 44.1 Å². The van der Waals surface area contributed by atoms with Gasteiger partial charge in [0.05, 0.1) is 12.3 Å². The first-order valence-corrected chi connectivity index (χ1v) is 7.85. The fraction of sp³-hybridized carbons (Fsp3) is 0.412. The van der Waals surface area contributed by atoms with Gasteiger partial charge in [0, 0.05) is 17.5 Å². The number of esters is 1. The van der Waals surface area contributed by atoms with E-state index in [2.05, 4.69) is 5.10 Å². The first-order chi connectivity index (χ1) is 11.1. The number of fused-ring (bicyclic) bond motifs is 5. The minimum absolute atomic E-state index is 0.0725. The summed E-state index contributed by atoms with van der Waals surface area (Å²) >= 11 is 0. The van der Waals surface area contributed by atoms with Crippen molar-refractivity contribution >= 4 is 5.97 Å². The Balaban J connectivity index is 1.91. The van der Waals surface area contributed by atoms with Gasteiger partial charge in [0.25, 0.3) is 0 Å². The molecule has 2 bridgehead atoms. The summed E-state index contributed by atoms with van der Waals surface area (Å²) < 4.78 is 33.8. The molecule has 0 N–H and O–H groups in total. The van der Waals surface area contributed by atoms with Crippen molar-refractivity contribution in [3.8, 4) is 5.69 Å². The second-order valence-corrected chi connectivity index (χ2v) is 6.08. The third kappa shape index (κ3) is 2.08.